The Morgan fingerprint density at radius 3 is 3.13 bits per heavy atom. The van der Waals surface area contributed by atoms with E-state index >= 15 is 0 Å². The van der Waals surface area contributed by atoms with Gasteiger partial charge in [-0.1, -0.05) is 6.92 Å². The van der Waals surface area contributed by atoms with Gasteiger partial charge in [0.2, 0.25) is 5.91 Å². The Kier molecular flexibility index (Phi) is 5.39. The Bertz CT molecular complexity index is 272. The molecule has 1 aromatic heterocycles. The summed E-state index contributed by atoms with van der Waals surface area (Å²) < 4.78 is 0. The van der Waals surface area contributed by atoms with Gasteiger partial charge in [0, 0.05) is 13.0 Å². The summed E-state index contributed by atoms with van der Waals surface area (Å²) in [4.78, 5) is 15.1. The number of aromatic amines is 1. The zero-order valence-corrected chi connectivity index (χ0v) is 8.92. The number of carbonyl (C=O) groups excluding carboxylic acids is 1. The Hall–Kier alpha value is -1.43. The summed E-state index contributed by atoms with van der Waals surface area (Å²) >= 11 is 0. The van der Waals surface area contributed by atoms with E-state index in [2.05, 4.69) is 25.8 Å². The largest absolute Gasteiger partial charge is 0.355 e. The third kappa shape index (κ3) is 5.11. The quantitative estimate of drug-likeness (QED) is 0.529. The van der Waals surface area contributed by atoms with E-state index in [0.717, 1.165) is 25.2 Å². The van der Waals surface area contributed by atoms with Gasteiger partial charge < -0.3 is 10.6 Å². The van der Waals surface area contributed by atoms with Crippen molar-refractivity contribution in [1.29, 1.82) is 0 Å². The highest BCUT2D eigenvalue weighted by atomic mass is 16.1. The molecule has 1 amide bonds. The van der Waals surface area contributed by atoms with Crippen LogP contribution in [0, 0.1) is 0 Å². The monoisotopic (exact) mass is 211 g/mol. The van der Waals surface area contributed by atoms with E-state index in [1.165, 1.54) is 6.33 Å². The van der Waals surface area contributed by atoms with Crippen LogP contribution >= 0.6 is 0 Å². The van der Waals surface area contributed by atoms with Crippen LogP contribution in [0.5, 0.6) is 0 Å². The molecular formula is C9H17N5O. The van der Waals surface area contributed by atoms with Crippen molar-refractivity contribution >= 4 is 5.91 Å². The van der Waals surface area contributed by atoms with Crippen LogP contribution < -0.4 is 10.6 Å². The van der Waals surface area contributed by atoms with Gasteiger partial charge in [0.25, 0.3) is 0 Å². The first-order chi connectivity index (χ1) is 7.33. The van der Waals surface area contributed by atoms with Gasteiger partial charge in [0.1, 0.15) is 12.2 Å². The van der Waals surface area contributed by atoms with E-state index in [1.807, 2.05) is 6.92 Å². The number of aromatic nitrogens is 3. The molecule has 3 N–H and O–H groups in total. The zero-order valence-electron chi connectivity index (χ0n) is 8.92. The Labute approximate surface area is 88.9 Å². The van der Waals surface area contributed by atoms with Gasteiger partial charge in [-0.2, -0.15) is 5.10 Å². The van der Waals surface area contributed by atoms with E-state index in [0.29, 0.717) is 13.1 Å². The highest BCUT2D eigenvalue weighted by Gasteiger charge is 1.99. The van der Waals surface area contributed by atoms with Gasteiger partial charge in [0.15, 0.2) is 0 Å². The second kappa shape index (κ2) is 6.94. The summed E-state index contributed by atoms with van der Waals surface area (Å²) in [6, 6.07) is 0. The number of carbonyl (C=O) groups is 1. The normalized spacial score (nSPS) is 10.2. The van der Waals surface area contributed by atoms with E-state index in [-0.39, 0.29) is 5.91 Å². The molecule has 6 heteroatoms. The zero-order chi connectivity index (χ0) is 10.9. The fourth-order valence-electron chi connectivity index (χ4n) is 1.14. The number of H-pyrrole nitrogens is 1. The van der Waals surface area contributed by atoms with Crippen molar-refractivity contribution in [3.63, 3.8) is 0 Å². The van der Waals surface area contributed by atoms with Crippen LogP contribution in [0.2, 0.25) is 0 Å². The number of amides is 1. The minimum atomic E-state index is 0.0365. The van der Waals surface area contributed by atoms with Crippen molar-refractivity contribution in [3.05, 3.63) is 12.2 Å². The third-order valence-electron chi connectivity index (χ3n) is 1.91. The molecule has 0 spiro atoms. The van der Waals surface area contributed by atoms with E-state index in [9.17, 15) is 4.79 Å². The number of hydrogen-bond acceptors (Lipinski definition) is 4. The maximum Gasteiger partial charge on any atom is 0.233 e. The fourth-order valence-corrected chi connectivity index (χ4v) is 1.14. The van der Waals surface area contributed by atoms with Crippen molar-refractivity contribution in [2.75, 3.05) is 19.6 Å². The van der Waals surface area contributed by atoms with Crippen molar-refractivity contribution < 1.29 is 4.79 Å². The van der Waals surface area contributed by atoms with Crippen LogP contribution in [0.25, 0.3) is 0 Å². The van der Waals surface area contributed by atoms with E-state index < -0.39 is 0 Å². The van der Waals surface area contributed by atoms with E-state index in [1.54, 1.807) is 0 Å². The number of likely N-dealkylation sites (N-methyl/N-ethyl adjacent to an activating group) is 1. The number of aryl methyl sites for hydroxylation is 1. The van der Waals surface area contributed by atoms with Crippen molar-refractivity contribution in [2.24, 2.45) is 0 Å². The number of hydrogen-bond donors (Lipinski definition) is 3. The molecule has 0 atom stereocenters. The number of nitrogens with zero attached hydrogens (tertiary/aromatic N) is 2. The summed E-state index contributed by atoms with van der Waals surface area (Å²) in [5.41, 5.74) is 0. The summed E-state index contributed by atoms with van der Waals surface area (Å²) in [5, 5.41) is 12.3. The SMILES string of the molecule is CCNCC(=O)NCCCc1ncn[nH]1. The Balaban J connectivity index is 1.99. The molecular weight excluding hydrogens is 194 g/mol. The summed E-state index contributed by atoms with van der Waals surface area (Å²) in [7, 11) is 0. The van der Waals surface area contributed by atoms with Crippen LogP contribution in [0.15, 0.2) is 6.33 Å². The highest BCUT2D eigenvalue weighted by Crippen LogP contribution is 1.91. The maximum atomic E-state index is 11.2. The van der Waals surface area contributed by atoms with Gasteiger partial charge in [-0.15, -0.1) is 0 Å². The average molecular weight is 211 g/mol. The maximum absolute atomic E-state index is 11.2. The van der Waals surface area contributed by atoms with Gasteiger partial charge in [-0.25, -0.2) is 4.98 Å². The Morgan fingerprint density at radius 1 is 1.60 bits per heavy atom. The smallest absolute Gasteiger partial charge is 0.233 e. The Morgan fingerprint density at radius 2 is 2.47 bits per heavy atom. The molecule has 0 aliphatic rings. The first-order valence-electron chi connectivity index (χ1n) is 5.14. The predicted molar refractivity (Wildman–Crippen MR) is 56.3 cm³/mol. The average Bonchev–Trinajstić information content (AvgIpc) is 2.74. The molecule has 0 saturated heterocycles. The molecule has 0 aliphatic heterocycles. The molecule has 0 saturated carbocycles. The molecule has 0 aliphatic carbocycles. The lowest BCUT2D eigenvalue weighted by molar-refractivity contribution is -0.120. The van der Waals surface area contributed by atoms with Gasteiger partial charge in [0.05, 0.1) is 6.54 Å². The lowest BCUT2D eigenvalue weighted by Gasteiger charge is -2.04. The lowest BCUT2D eigenvalue weighted by Crippen LogP contribution is -2.34. The third-order valence-corrected chi connectivity index (χ3v) is 1.91. The molecule has 0 aromatic carbocycles. The molecule has 1 heterocycles. The molecule has 0 bridgehead atoms. The molecule has 0 unspecified atom stereocenters. The fraction of sp³-hybridized carbons (Fsp3) is 0.667. The van der Waals surface area contributed by atoms with Crippen LogP contribution in [-0.2, 0) is 11.2 Å². The van der Waals surface area contributed by atoms with E-state index in [4.69, 9.17) is 0 Å². The first kappa shape index (κ1) is 11.6. The second-order valence-corrected chi connectivity index (χ2v) is 3.17. The van der Waals surface area contributed by atoms with Crippen LogP contribution in [0.3, 0.4) is 0 Å². The second-order valence-electron chi connectivity index (χ2n) is 3.17. The summed E-state index contributed by atoms with van der Waals surface area (Å²) in [5.74, 6) is 0.894. The number of rotatable bonds is 7. The molecule has 1 aromatic rings. The molecule has 15 heavy (non-hydrogen) atoms. The summed E-state index contributed by atoms with van der Waals surface area (Å²) in [6.45, 7) is 3.84. The first-order valence-corrected chi connectivity index (χ1v) is 5.14. The predicted octanol–water partition coefficient (Wildman–Crippen LogP) is -0.537. The molecule has 6 nitrogen and oxygen atoms in total. The van der Waals surface area contributed by atoms with Crippen molar-refractivity contribution in [3.8, 4) is 0 Å². The topological polar surface area (TPSA) is 82.7 Å². The van der Waals surface area contributed by atoms with Crippen molar-refractivity contribution in [1.82, 2.24) is 25.8 Å². The molecule has 0 radical (unpaired) electrons. The van der Waals surface area contributed by atoms with Gasteiger partial charge >= 0.3 is 0 Å². The van der Waals surface area contributed by atoms with Crippen LogP contribution in [0.1, 0.15) is 19.2 Å². The molecule has 84 valence electrons. The van der Waals surface area contributed by atoms with Gasteiger partial charge in [-0.3, -0.25) is 9.89 Å². The van der Waals surface area contributed by atoms with Gasteiger partial charge in [-0.05, 0) is 13.0 Å². The highest BCUT2D eigenvalue weighted by molar-refractivity contribution is 5.77. The standard InChI is InChI=1S/C9H17N5O/c1-2-10-6-9(15)11-5-3-4-8-12-7-13-14-8/h7,10H,2-6H2,1H3,(H,11,15)(H,12,13,14). The van der Waals surface area contributed by atoms with Crippen LogP contribution in [0.4, 0.5) is 0 Å². The lowest BCUT2D eigenvalue weighted by atomic mass is 10.3. The van der Waals surface area contributed by atoms with Crippen LogP contribution in [-0.4, -0.2) is 40.7 Å². The molecule has 1 rings (SSSR count). The minimum absolute atomic E-state index is 0.0365. The number of nitrogens with one attached hydrogen (secondary N) is 3. The summed E-state index contributed by atoms with van der Waals surface area (Å²) in [6.07, 6.45) is 3.16. The minimum Gasteiger partial charge on any atom is -0.355 e. The molecule has 0 fully saturated rings. The van der Waals surface area contributed by atoms with Crippen molar-refractivity contribution in [2.45, 2.75) is 19.8 Å².